The minimum absolute atomic E-state index is 0.000440. The van der Waals surface area contributed by atoms with Crippen LogP contribution in [0.1, 0.15) is 23.6 Å². The van der Waals surface area contributed by atoms with Gasteiger partial charge >= 0.3 is 0 Å². The Labute approximate surface area is 81.6 Å². The molecule has 0 spiro atoms. The molecule has 0 aliphatic heterocycles. The predicted octanol–water partition coefficient (Wildman–Crippen LogP) is 2.50. The van der Waals surface area contributed by atoms with Gasteiger partial charge in [-0.2, -0.15) is 0 Å². The second-order valence-electron chi connectivity index (χ2n) is 3.36. The Morgan fingerprint density at radius 2 is 2.07 bits per heavy atom. The van der Waals surface area contributed by atoms with Crippen LogP contribution in [0.2, 0.25) is 0 Å². The van der Waals surface area contributed by atoms with Crippen LogP contribution in [0.4, 0.5) is 8.78 Å². The molecule has 78 valence electrons. The average Bonchev–Trinajstić information content (AvgIpc) is 2.02. The first-order valence-corrected chi connectivity index (χ1v) is 4.24. The van der Waals surface area contributed by atoms with Crippen LogP contribution >= 0.6 is 0 Å². The van der Waals surface area contributed by atoms with E-state index in [0.717, 1.165) is 12.5 Å². The van der Waals surface area contributed by atoms with Crippen LogP contribution in [0.25, 0.3) is 0 Å². The third kappa shape index (κ3) is 2.49. The number of halogens is 2. The number of benzene rings is 1. The maximum atomic E-state index is 13.1. The molecule has 14 heavy (non-hydrogen) atoms. The summed E-state index contributed by atoms with van der Waals surface area (Å²) >= 11 is 0. The van der Waals surface area contributed by atoms with Crippen LogP contribution in [0.3, 0.4) is 0 Å². The molecule has 0 unspecified atom stereocenters. The highest BCUT2D eigenvalue weighted by atomic mass is 19.3. The Hall–Kier alpha value is -1.00. The Kier molecular flexibility index (Phi) is 3.18. The third-order valence-electron chi connectivity index (χ3n) is 1.97. The van der Waals surface area contributed by atoms with Crippen molar-refractivity contribution in [3.8, 4) is 0 Å². The molecule has 0 radical (unpaired) electrons. The Morgan fingerprint density at radius 1 is 1.43 bits per heavy atom. The van der Waals surface area contributed by atoms with Crippen LogP contribution in [-0.4, -0.2) is 0 Å². The molecule has 2 nitrogen and oxygen atoms in total. The van der Waals surface area contributed by atoms with Crippen molar-refractivity contribution in [1.82, 2.24) is 0 Å². The van der Waals surface area contributed by atoms with Crippen molar-refractivity contribution in [1.29, 1.82) is 0 Å². The molecule has 0 saturated carbocycles. The summed E-state index contributed by atoms with van der Waals surface area (Å²) in [7, 11) is 0. The van der Waals surface area contributed by atoms with Crippen molar-refractivity contribution in [3.63, 3.8) is 0 Å². The molecule has 1 rings (SSSR count). The molecule has 0 fully saturated rings. The molecular formula is C10H13F2NO. The van der Waals surface area contributed by atoms with Gasteiger partial charge in [0.2, 0.25) is 0 Å². The summed E-state index contributed by atoms with van der Waals surface area (Å²) in [6.45, 7) is 2.69. The molecule has 0 bridgehead atoms. The van der Waals surface area contributed by atoms with E-state index in [1.807, 2.05) is 6.92 Å². The second-order valence-corrected chi connectivity index (χ2v) is 3.36. The van der Waals surface area contributed by atoms with Gasteiger partial charge < -0.3 is 0 Å². The van der Waals surface area contributed by atoms with Gasteiger partial charge in [0.25, 0.3) is 5.92 Å². The fraction of sp³-hybridized carbons (Fsp3) is 0.400. The van der Waals surface area contributed by atoms with Gasteiger partial charge in [0.15, 0.2) is 0 Å². The first kappa shape index (κ1) is 11.1. The average molecular weight is 201 g/mol. The highest BCUT2D eigenvalue weighted by Gasteiger charge is 2.27. The van der Waals surface area contributed by atoms with E-state index in [-0.39, 0.29) is 12.2 Å². The molecule has 0 heterocycles. The van der Waals surface area contributed by atoms with E-state index in [0.29, 0.717) is 5.56 Å². The molecule has 0 aliphatic carbocycles. The van der Waals surface area contributed by atoms with Crippen molar-refractivity contribution < 1.29 is 13.6 Å². The monoisotopic (exact) mass is 201 g/mol. The van der Waals surface area contributed by atoms with E-state index in [1.165, 1.54) is 6.07 Å². The minimum Gasteiger partial charge on any atom is -0.300 e. The number of hydrogen-bond donors (Lipinski definition) is 1. The standard InChI is InChI=1S/C10H13F2NO/c1-7-3-4-9(10(2,11)12)8(5-7)6-14-13/h3-5H,6,13H2,1-2H3. The summed E-state index contributed by atoms with van der Waals surface area (Å²) in [6.07, 6.45) is 0. The van der Waals surface area contributed by atoms with Crippen molar-refractivity contribution >= 4 is 0 Å². The van der Waals surface area contributed by atoms with Gasteiger partial charge in [0, 0.05) is 12.5 Å². The number of nitrogens with two attached hydrogens (primary N) is 1. The van der Waals surface area contributed by atoms with Gasteiger partial charge in [-0.1, -0.05) is 23.8 Å². The third-order valence-corrected chi connectivity index (χ3v) is 1.97. The number of aryl methyl sites for hydroxylation is 1. The van der Waals surface area contributed by atoms with Gasteiger partial charge in [0.05, 0.1) is 6.61 Å². The zero-order chi connectivity index (χ0) is 10.8. The zero-order valence-electron chi connectivity index (χ0n) is 8.18. The lowest BCUT2D eigenvalue weighted by Crippen LogP contribution is -2.12. The molecule has 0 aliphatic rings. The van der Waals surface area contributed by atoms with E-state index in [2.05, 4.69) is 4.84 Å². The molecule has 0 saturated heterocycles. The Bertz CT molecular complexity index is 320. The second kappa shape index (κ2) is 4.02. The van der Waals surface area contributed by atoms with Crippen LogP contribution in [0.15, 0.2) is 18.2 Å². The molecule has 1 aromatic carbocycles. The van der Waals surface area contributed by atoms with Crippen LogP contribution in [-0.2, 0) is 17.4 Å². The topological polar surface area (TPSA) is 35.2 Å². The van der Waals surface area contributed by atoms with E-state index in [9.17, 15) is 8.78 Å². The smallest absolute Gasteiger partial charge is 0.270 e. The maximum Gasteiger partial charge on any atom is 0.270 e. The van der Waals surface area contributed by atoms with E-state index >= 15 is 0 Å². The Balaban J connectivity index is 3.15. The van der Waals surface area contributed by atoms with Crippen LogP contribution < -0.4 is 5.90 Å². The van der Waals surface area contributed by atoms with Crippen molar-refractivity contribution in [2.45, 2.75) is 26.4 Å². The van der Waals surface area contributed by atoms with Crippen molar-refractivity contribution in [2.24, 2.45) is 5.90 Å². The highest BCUT2D eigenvalue weighted by Crippen LogP contribution is 2.30. The summed E-state index contributed by atoms with van der Waals surface area (Å²) < 4.78 is 26.1. The van der Waals surface area contributed by atoms with Gasteiger partial charge in [-0.3, -0.25) is 4.84 Å². The predicted molar refractivity (Wildman–Crippen MR) is 49.7 cm³/mol. The normalized spacial score (nSPS) is 11.8. The SMILES string of the molecule is Cc1ccc(C(C)(F)F)c(CON)c1. The molecule has 4 heteroatoms. The highest BCUT2D eigenvalue weighted by molar-refractivity contribution is 5.33. The van der Waals surface area contributed by atoms with Crippen LogP contribution in [0.5, 0.6) is 0 Å². The lowest BCUT2D eigenvalue weighted by Gasteiger charge is -2.15. The molecule has 1 aromatic rings. The van der Waals surface area contributed by atoms with E-state index in [4.69, 9.17) is 5.90 Å². The van der Waals surface area contributed by atoms with Gasteiger partial charge in [0.1, 0.15) is 0 Å². The first-order chi connectivity index (χ1) is 6.45. The fourth-order valence-corrected chi connectivity index (χ4v) is 1.36. The zero-order valence-corrected chi connectivity index (χ0v) is 8.18. The summed E-state index contributed by atoms with van der Waals surface area (Å²) in [5.41, 5.74) is 1.30. The largest absolute Gasteiger partial charge is 0.300 e. The summed E-state index contributed by atoms with van der Waals surface area (Å²) in [4.78, 5) is 4.39. The van der Waals surface area contributed by atoms with E-state index < -0.39 is 5.92 Å². The molecule has 2 N–H and O–H groups in total. The lowest BCUT2D eigenvalue weighted by atomic mass is 10.0. The Morgan fingerprint density at radius 3 is 2.57 bits per heavy atom. The fourth-order valence-electron chi connectivity index (χ4n) is 1.36. The van der Waals surface area contributed by atoms with Crippen molar-refractivity contribution in [2.75, 3.05) is 0 Å². The van der Waals surface area contributed by atoms with Crippen LogP contribution in [0, 0.1) is 6.92 Å². The lowest BCUT2D eigenvalue weighted by molar-refractivity contribution is 0.0138. The van der Waals surface area contributed by atoms with Gasteiger partial charge in [-0.05, 0) is 12.5 Å². The van der Waals surface area contributed by atoms with Gasteiger partial charge in [-0.15, -0.1) is 0 Å². The minimum atomic E-state index is -2.86. The first-order valence-electron chi connectivity index (χ1n) is 4.24. The molecule has 0 amide bonds. The molecular weight excluding hydrogens is 188 g/mol. The summed E-state index contributed by atoms with van der Waals surface area (Å²) in [5.74, 6) is 2.02. The van der Waals surface area contributed by atoms with Gasteiger partial charge in [-0.25, -0.2) is 14.7 Å². The number of rotatable bonds is 3. The van der Waals surface area contributed by atoms with E-state index in [1.54, 1.807) is 12.1 Å². The summed E-state index contributed by atoms with van der Waals surface area (Å²) in [6, 6.07) is 4.70. The number of alkyl halides is 2. The van der Waals surface area contributed by atoms with Crippen molar-refractivity contribution in [3.05, 3.63) is 34.9 Å². The summed E-state index contributed by atoms with van der Waals surface area (Å²) in [5, 5.41) is 0. The maximum absolute atomic E-state index is 13.1. The molecule has 0 atom stereocenters. The quantitative estimate of drug-likeness (QED) is 0.762. The number of hydrogen-bond acceptors (Lipinski definition) is 2. The molecule has 0 aromatic heterocycles.